The van der Waals surface area contributed by atoms with Crippen LogP contribution in [0, 0.1) is 0 Å². The summed E-state index contributed by atoms with van der Waals surface area (Å²) in [5.41, 5.74) is 0.500. The van der Waals surface area contributed by atoms with Crippen LogP contribution in [0.15, 0.2) is 18.2 Å². The van der Waals surface area contributed by atoms with E-state index in [1.165, 1.54) is 12.0 Å². The Hall–Kier alpha value is -1.95. The van der Waals surface area contributed by atoms with Gasteiger partial charge in [0, 0.05) is 12.2 Å². The molecule has 0 aromatic heterocycles. The highest BCUT2D eigenvalue weighted by molar-refractivity contribution is 6.32. The average Bonchev–Trinajstić information content (AvgIpc) is 2.47. The van der Waals surface area contributed by atoms with Crippen LogP contribution in [0.4, 0.5) is 10.5 Å². The fraction of sp³-hybridized carbons (Fsp3) is 0.429. The molecule has 1 unspecified atom stereocenters. The van der Waals surface area contributed by atoms with E-state index in [9.17, 15) is 14.7 Å². The van der Waals surface area contributed by atoms with E-state index in [0.717, 1.165) is 12.8 Å². The van der Waals surface area contributed by atoms with Gasteiger partial charge >= 0.3 is 12.0 Å². The molecule has 1 aromatic carbocycles. The number of hydrogen-bond donors (Lipinski definition) is 2. The lowest BCUT2D eigenvalue weighted by molar-refractivity contribution is -0.143. The van der Waals surface area contributed by atoms with Crippen LogP contribution in [0.3, 0.4) is 0 Å². The van der Waals surface area contributed by atoms with Crippen LogP contribution in [0.2, 0.25) is 5.02 Å². The Morgan fingerprint density at radius 1 is 1.43 bits per heavy atom. The van der Waals surface area contributed by atoms with Crippen molar-refractivity contribution in [2.45, 2.75) is 25.3 Å². The van der Waals surface area contributed by atoms with Crippen molar-refractivity contribution in [2.24, 2.45) is 0 Å². The number of aliphatic carboxylic acids is 1. The van der Waals surface area contributed by atoms with Gasteiger partial charge in [-0.3, -0.25) is 0 Å². The molecule has 0 saturated carbocycles. The number of hydrogen-bond acceptors (Lipinski definition) is 3. The van der Waals surface area contributed by atoms with Crippen LogP contribution in [0.25, 0.3) is 0 Å². The van der Waals surface area contributed by atoms with Gasteiger partial charge in [0.2, 0.25) is 0 Å². The number of halogens is 1. The van der Waals surface area contributed by atoms with Crippen LogP contribution in [0.5, 0.6) is 5.75 Å². The first-order chi connectivity index (χ1) is 10.0. The minimum atomic E-state index is -0.974. The van der Waals surface area contributed by atoms with Gasteiger partial charge in [-0.05, 0) is 37.5 Å². The predicted molar refractivity (Wildman–Crippen MR) is 79.0 cm³/mol. The molecular formula is C14H17ClN2O4. The molecule has 7 heteroatoms. The first-order valence-electron chi connectivity index (χ1n) is 6.67. The summed E-state index contributed by atoms with van der Waals surface area (Å²) >= 11 is 5.99. The predicted octanol–water partition coefficient (Wildman–Crippen LogP) is 2.82. The van der Waals surface area contributed by atoms with Gasteiger partial charge in [0.1, 0.15) is 11.8 Å². The maximum atomic E-state index is 12.2. The summed E-state index contributed by atoms with van der Waals surface area (Å²) < 4.78 is 5.04. The molecular weight excluding hydrogens is 296 g/mol. The van der Waals surface area contributed by atoms with Gasteiger partial charge in [-0.25, -0.2) is 9.59 Å². The lowest BCUT2D eigenvalue weighted by Crippen LogP contribution is -2.49. The number of carbonyl (C=O) groups is 2. The fourth-order valence-corrected chi connectivity index (χ4v) is 2.63. The molecule has 0 radical (unpaired) electrons. The molecule has 1 heterocycles. The number of benzene rings is 1. The minimum Gasteiger partial charge on any atom is -0.495 e. The lowest BCUT2D eigenvalue weighted by Gasteiger charge is -2.32. The SMILES string of the molecule is COc1ccc(NC(=O)N2CCCCC2C(=O)O)cc1Cl. The fourth-order valence-electron chi connectivity index (χ4n) is 2.37. The normalized spacial score (nSPS) is 18.2. The van der Waals surface area contributed by atoms with Crippen molar-refractivity contribution in [1.29, 1.82) is 0 Å². The number of carbonyl (C=O) groups excluding carboxylic acids is 1. The molecule has 21 heavy (non-hydrogen) atoms. The third kappa shape index (κ3) is 3.58. The van der Waals surface area contributed by atoms with E-state index in [1.54, 1.807) is 18.2 Å². The Morgan fingerprint density at radius 2 is 2.19 bits per heavy atom. The zero-order valence-corrected chi connectivity index (χ0v) is 12.4. The van der Waals surface area contributed by atoms with Crippen molar-refractivity contribution in [3.05, 3.63) is 23.2 Å². The topological polar surface area (TPSA) is 78.9 Å². The van der Waals surface area contributed by atoms with Crippen molar-refractivity contribution in [1.82, 2.24) is 4.90 Å². The van der Waals surface area contributed by atoms with Crippen molar-refractivity contribution >= 4 is 29.3 Å². The second-order valence-electron chi connectivity index (χ2n) is 4.82. The highest BCUT2D eigenvalue weighted by Crippen LogP contribution is 2.27. The molecule has 0 aliphatic carbocycles. The summed E-state index contributed by atoms with van der Waals surface area (Å²) in [5, 5.41) is 12.2. The van der Waals surface area contributed by atoms with Gasteiger partial charge in [-0.2, -0.15) is 0 Å². The molecule has 0 spiro atoms. The first kappa shape index (κ1) is 15.4. The summed E-state index contributed by atoms with van der Waals surface area (Å²) in [6.07, 6.45) is 2.10. The number of carboxylic acid groups (broad SMARTS) is 1. The van der Waals surface area contributed by atoms with Crippen LogP contribution in [-0.4, -0.2) is 41.7 Å². The molecule has 1 fully saturated rings. The summed E-state index contributed by atoms with van der Waals surface area (Å²) in [6, 6.07) is 3.67. The van der Waals surface area contributed by atoms with Crippen LogP contribution < -0.4 is 10.1 Å². The van der Waals surface area contributed by atoms with Gasteiger partial charge in [0.25, 0.3) is 0 Å². The minimum absolute atomic E-state index is 0.378. The molecule has 0 bridgehead atoms. The average molecular weight is 313 g/mol. The number of nitrogens with one attached hydrogen (secondary N) is 1. The molecule has 114 valence electrons. The van der Waals surface area contributed by atoms with Crippen molar-refractivity contribution in [2.75, 3.05) is 19.0 Å². The van der Waals surface area contributed by atoms with Crippen molar-refractivity contribution in [3.8, 4) is 5.75 Å². The highest BCUT2D eigenvalue weighted by atomic mass is 35.5. The summed E-state index contributed by atoms with van der Waals surface area (Å²) in [6.45, 7) is 0.437. The van der Waals surface area contributed by atoms with Gasteiger partial charge in [-0.15, -0.1) is 0 Å². The van der Waals surface area contributed by atoms with E-state index in [4.69, 9.17) is 16.3 Å². The number of nitrogens with zero attached hydrogens (tertiary/aromatic N) is 1. The number of ether oxygens (including phenoxy) is 1. The Balaban J connectivity index is 2.09. The molecule has 1 aliphatic heterocycles. The molecule has 2 N–H and O–H groups in total. The third-order valence-electron chi connectivity index (χ3n) is 3.45. The molecule has 6 nitrogen and oxygen atoms in total. The third-order valence-corrected chi connectivity index (χ3v) is 3.75. The summed E-state index contributed by atoms with van der Waals surface area (Å²) in [5.74, 6) is -0.464. The lowest BCUT2D eigenvalue weighted by atomic mass is 10.0. The molecule has 2 rings (SSSR count). The quantitative estimate of drug-likeness (QED) is 0.899. The van der Waals surface area contributed by atoms with E-state index in [0.29, 0.717) is 29.4 Å². The molecule has 1 saturated heterocycles. The van der Waals surface area contributed by atoms with Gasteiger partial charge in [-0.1, -0.05) is 11.6 Å². The molecule has 1 aliphatic rings. The standard InChI is InChI=1S/C14H17ClN2O4/c1-21-12-6-5-9(8-10(12)15)16-14(20)17-7-3-2-4-11(17)13(18)19/h5-6,8,11H,2-4,7H2,1H3,(H,16,20)(H,18,19). The Morgan fingerprint density at radius 3 is 2.81 bits per heavy atom. The van der Waals surface area contributed by atoms with Crippen molar-refractivity contribution < 1.29 is 19.4 Å². The summed E-state index contributed by atoms with van der Waals surface area (Å²) in [4.78, 5) is 24.8. The second kappa shape index (κ2) is 6.67. The molecule has 1 aromatic rings. The largest absolute Gasteiger partial charge is 0.495 e. The molecule has 2 amide bonds. The zero-order valence-electron chi connectivity index (χ0n) is 11.6. The number of methoxy groups -OCH3 is 1. The smallest absolute Gasteiger partial charge is 0.326 e. The zero-order chi connectivity index (χ0) is 15.4. The number of amides is 2. The maximum Gasteiger partial charge on any atom is 0.326 e. The Labute approximate surface area is 127 Å². The van der Waals surface area contributed by atoms with Crippen LogP contribution in [0.1, 0.15) is 19.3 Å². The van der Waals surface area contributed by atoms with Gasteiger partial charge in [0.15, 0.2) is 0 Å². The number of anilines is 1. The summed E-state index contributed by atoms with van der Waals surface area (Å²) in [7, 11) is 1.50. The number of likely N-dealkylation sites (tertiary alicyclic amines) is 1. The second-order valence-corrected chi connectivity index (χ2v) is 5.23. The van der Waals surface area contributed by atoms with E-state index in [-0.39, 0.29) is 0 Å². The van der Waals surface area contributed by atoms with Gasteiger partial charge < -0.3 is 20.1 Å². The number of piperidine rings is 1. The first-order valence-corrected chi connectivity index (χ1v) is 7.04. The van der Waals surface area contributed by atoms with Gasteiger partial charge in [0.05, 0.1) is 12.1 Å². The van der Waals surface area contributed by atoms with Crippen LogP contribution in [-0.2, 0) is 4.79 Å². The van der Waals surface area contributed by atoms with Crippen molar-refractivity contribution in [3.63, 3.8) is 0 Å². The van der Waals surface area contributed by atoms with E-state index >= 15 is 0 Å². The number of rotatable bonds is 3. The van der Waals surface area contributed by atoms with Crippen LogP contribution >= 0.6 is 11.6 Å². The Bertz CT molecular complexity index is 550. The number of urea groups is 1. The van der Waals surface area contributed by atoms with E-state index < -0.39 is 18.0 Å². The Kier molecular flexibility index (Phi) is 4.90. The maximum absolute atomic E-state index is 12.2. The number of carboxylic acids is 1. The monoisotopic (exact) mass is 312 g/mol. The molecule has 1 atom stereocenters. The highest BCUT2D eigenvalue weighted by Gasteiger charge is 2.31. The van der Waals surface area contributed by atoms with E-state index in [1.807, 2.05) is 0 Å². The van der Waals surface area contributed by atoms with E-state index in [2.05, 4.69) is 5.32 Å².